The first kappa shape index (κ1) is 18.4. The fraction of sp³-hybridized carbons (Fsp3) is 0.400. The van der Waals surface area contributed by atoms with Gasteiger partial charge in [0.05, 0.1) is 24.7 Å². The summed E-state index contributed by atoms with van der Waals surface area (Å²) in [6.07, 6.45) is 5.04. The molecule has 2 aliphatic heterocycles. The van der Waals surface area contributed by atoms with E-state index in [0.29, 0.717) is 30.1 Å². The molecular weight excluding hydrogens is 362 g/mol. The van der Waals surface area contributed by atoms with Crippen molar-refractivity contribution in [2.45, 2.75) is 32.4 Å². The number of furan rings is 2. The Morgan fingerprint density at radius 3 is 3.00 bits per heavy atom. The van der Waals surface area contributed by atoms with Crippen LogP contribution in [0.3, 0.4) is 0 Å². The second-order valence-corrected chi connectivity index (χ2v) is 6.84. The lowest BCUT2D eigenvalue weighted by Gasteiger charge is -2.30. The van der Waals surface area contributed by atoms with Crippen molar-refractivity contribution in [2.24, 2.45) is 0 Å². The highest BCUT2D eigenvalue weighted by molar-refractivity contribution is 5.95. The first-order chi connectivity index (χ1) is 13.7. The summed E-state index contributed by atoms with van der Waals surface area (Å²) in [6, 6.07) is 4.37. The summed E-state index contributed by atoms with van der Waals surface area (Å²) in [6.45, 7) is 3.95. The van der Waals surface area contributed by atoms with Gasteiger partial charge in [0.25, 0.3) is 0 Å². The molecule has 2 N–H and O–H groups in total. The van der Waals surface area contributed by atoms with E-state index < -0.39 is 12.0 Å². The van der Waals surface area contributed by atoms with E-state index in [0.717, 1.165) is 30.7 Å². The van der Waals surface area contributed by atoms with Gasteiger partial charge in [-0.3, -0.25) is 4.90 Å². The van der Waals surface area contributed by atoms with E-state index in [9.17, 15) is 9.59 Å². The number of hydrogen-bond acceptors (Lipinski definition) is 6. The maximum atomic E-state index is 12.7. The summed E-state index contributed by atoms with van der Waals surface area (Å²) < 4.78 is 16.3. The number of urea groups is 1. The van der Waals surface area contributed by atoms with Crippen LogP contribution in [0.15, 0.2) is 50.8 Å². The minimum atomic E-state index is -0.686. The van der Waals surface area contributed by atoms with Crippen molar-refractivity contribution in [1.29, 1.82) is 0 Å². The highest BCUT2D eigenvalue weighted by Gasteiger charge is 2.36. The van der Waals surface area contributed by atoms with Crippen LogP contribution in [0.2, 0.25) is 0 Å². The third-order valence-electron chi connectivity index (χ3n) is 4.97. The minimum Gasteiger partial charge on any atom is -0.469 e. The second kappa shape index (κ2) is 7.93. The van der Waals surface area contributed by atoms with Crippen molar-refractivity contribution in [3.63, 3.8) is 0 Å². The topological polar surface area (TPSA) is 97.0 Å². The number of esters is 1. The fourth-order valence-electron chi connectivity index (χ4n) is 3.73. The molecule has 2 aromatic rings. The lowest BCUT2D eigenvalue weighted by Crippen LogP contribution is -2.48. The van der Waals surface area contributed by atoms with E-state index in [1.807, 2.05) is 6.07 Å². The molecule has 0 saturated heterocycles. The number of rotatable bonds is 5. The van der Waals surface area contributed by atoms with Gasteiger partial charge >= 0.3 is 12.0 Å². The van der Waals surface area contributed by atoms with Gasteiger partial charge in [-0.05, 0) is 38.1 Å². The molecule has 1 atom stereocenters. The SMILES string of the molecule is CCOC(=O)C1=C(CN2CCCc3occc3C2)NC(=O)NC1c1ccco1. The molecule has 2 amide bonds. The van der Waals surface area contributed by atoms with Crippen molar-refractivity contribution in [2.75, 3.05) is 19.7 Å². The number of nitrogens with one attached hydrogen (secondary N) is 2. The maximum absolute atomic E-state index is 12.7. The molecule has 0 saturated carbocycles. The number of carbonyl (C=O) groups excluding carboxylic acids is 2. The summed E-state index contributed by atoms with van der Waals surface area (Å²) in [5.41, 5.74) is 2.04. The van der Waals surface area contributed by atoms with Crippen LogP contribution >= 0.6 is 0 Å². The first-order valence-electron chi connectivity index (χ1n) is 9.44. The van der Waals surface area contributed by atoms with E-state index in [1.54, 1.807) is 25.3 Å². The Morgan fingerprint density at radius 2 is 2.21 bits per heavy atom. The molecule has 8 nitrogen and oxygen atoms in total. The predicted octanol–water partition coefficient (Wildman–Crippen LogP) is 2.49. The van der Waals surface area contributed by atoms with Crippen molar-refractivity contribution in [3.05, 3.63) is 59.1 Å². The number of amides is 2. The maximum Gasteiger partial charge on any atom is 0.338 e. The average Bonchev–Trinajstić information content (AvgIpc) is 3.31. The summed E-state index contributed by atoms with van der Waals surface area (Å²) >= 11 is 0. The van der Waals surface area contributed by atoms with Crippen molar-refractivity contribution < 1.29 is 23.2 Å². The molecule has 0 aliphatic carbocycles. The highest BCUT2D eigenvalue weighted by Crippen LogP contribution is 2.29. The van der Waals surface area contributed by atoms with Gasteiger partial charge in [-0.25, -0.2) is 9.59 Å². The Balaban J connectivity index is 1.66. The zero-order valence-corrected chi connectivity index (χ0v) is 15.7. The molecule has 1 unspecified atom stereocenters. The van der Waals surface area contributed by atoms with Gasteiger partial charge in [0, 0.05) is 30.8 Å². The predicted molar refractivity (Wildman–Crippen MR) is 99.1 cm³/mol. The summed E-state index contributed by atoms with van der Waals surface area (Å²) in [5, 5.41) is 5.57. The monoisotopic (exact) mass is 385 g/mol. The van der Waals surface area contributed by atoms with E-state index in [1.165, 1.54) is 6.26 Å². The number of carbonyl (C=O) groups is 2. The van der Waals surface area contributed by atoms with Gasteiger partial charge in [-0.2, -0.15) is 0 Å². The molecule has 0 radical (unpaired) electrons. The van der Waals surface area contributed by atoms with Crippen molar-refractivity contribution in [1.82, 2.24) is 15.5 Å². The first-order valence-corrected chi connectivity index (χ1v) is 9.44. The number of ether oxygens (including phenoxy) is 1. The molecule has 2 aromatic heterocycles. The Bertz CT molecular complexity index is 884. The van der Waals surface area contributed by atoms with Crippen LogP contribution in [-0.4, -0.2) is 36.6 Å². The van der Waals surface area contributed by atoms with E-state index in [-0.39, 0.29) is 12.6 Å². The second-order valence-electron chi connectivity index (χ2n) is 6.84. The normalized spacial score (nSPS) is 20.2. The Hall–Kier alpha value is -3.00. The zero-order chi connectivity index (χ0) is 19.5. The number of nitrogens with zero attached hydrogens (tertiary/aromatic N) is 1. The lowest BCUT2D eigenvalue weighted by molar-refractivity contribution is -0.139. The minimum absolute atomic E-state index is 0.247. The lowest BCUT2D eigenvalue weighted by atomic mass is 9.99. The van der Waals surface area contributed by atoms with E-state index >= 15 is 0 Å². The third-order valence-corrected chi connectivity index (χ3v) is 4.97. The number of fused-ring (bicyclic) bond motifs is 1. The average molecular weight is 385 g/mol. The summed E-state index contributed by atoms with van der Waals surface area (Å²) in [4.78, 5) is 27.2. The van der Waals surface area contributed by atoms with Crippen LogP contribution in [0, 0.1) is 0 Å². The molecular formula is C20H23N3O5. The van der Waals surface area contributed by atoms with Gasteiger partial charge in [0.1, 0.15) is 17.6 Å². The molecule has 4 rings (SSSR count). The summed E-state index contributed by atoms with van der Waals surface area (Å²) in [5.74, 6) is 1.03. The molecule has 28 heavy (non-hydrogen) atoms. The smallest absolute Gasteiger partial charge is 0.338 e. The third kappa shape index (κ3) is 3.68. The Morgan fingerprint density at radius 1 is 1.32 bits per heavy atom. The highest BCUT2D eigenvalue weighted by atomic mass is 16.5. The van der Waals surface area contributed by atoms with Gasteiger partial charge in [0.2, 0.25) is 0 Å². The van der Waals surface area contributed by atoms with Crippen molar-refractivity contribution in [3.8, 4) is 0 Å². The van der Waals surface area contributed by atoms with Crippen LogP contribution in [0.25, 0.3) is 0 Å². The van der Waals surface area contributed by atoms with E-state index in [2.05, 4.69) is 15.5 Å². The van der Waals surface area contributed by atoms with Gasteiger partial charge in [-0.1, -0.05) is 0 Å². The molecule has 2 aliphatic rings. The van der Waals surface area contributed by atoms with Crippen LogP contribution in [0.4, 0.5) is 4.79 Å². The van der Waals surface area contributed by atoms with Crippen molar-refractivity contribution >= 4 is 12.0 Å². The van der Waals surface area contributed by atoms with E-state index in [4.69, 9.17) is 13.6 Å². The molecule has 0 bridgehead atoms. The largest absolute Gasteiger partial charge is 0.469 e. The Labute approximate surface area is 162 Å². The zero-order valence-electron chi connectivity index (χ0n) is 15.7. The van der Waals surface area contributed by atoms with Crippen LogP contribution in [-0.2, 0) is 22.5 Å². The van der Waals surface area contributed by atoms with Crippen LogP contribution in [0.1, 0.15) is 36.5 Å². The number of hydrogen-bond donors (Lipinski definition) is 2. The molecule has 0 spiro atoms. The van der Waals surface area contributed by atoms with Gasteiger partial charge in [-0.15, -0.1) is 0 Å². The van der Waals surface area contributed by atoms with Crippen LogP contribution in [0.5, 0.6) is 0 Å². The molecule has 148 valence electrons. The van der Waals surface area contributed by atoms with Crippen LogP contribution < -0.4 is 10.6 Å². The van der Waals surface area contributed by atoms with Gasteiger partial charge in [0.15, 0.2) is 0 Å². The molecule has 8 heteroatoms. The quantitative estimate of drug-likeness (QED) is 0.768. The standard InChI is InChI=1S/C20H23N3O5/c1-2-26-19(24)17-14(21-20(25)22-18(17)16-6-4-9-27-16)12-23-8-3-5-15-13(11-23)7-10-28-15/h4,6-7,9-10,18H,2-3,5,8,11-12H2,1H3,(H2,21,22,25). The number of aryl methyl sites for hydroxylation is 1. The summed E-state index contributed by atoms with van der Waals surface area (Å²) in [7, 11) is 0. The fourth-order valence-corrected chi connectivity index (χ4v) is 3.73. The van der Waals surface area contributed by atoms with Gasteiger partial charge < -0.3 is 24.2 Å². The molecule has 0 aromatic carbocycles. The molecule has 4 heterocycles. The Kier molecular flexibility index (Phi) is 5.21. The molecule has 0 fully saturated rings.